The molecule has 168 valence electrons. The minimum absolute atomic E-state index is 0.00669. The number of ketones is 1. The summed E-state index contributed by atoms with van der Waals surface area (Å²) in [5.74, 6) is -2.11. The van der Waals surface area contributed by atoms with E-state index in [0.29, 0.717) is 29.0 Å². The first-order chi connectivity index (χ1) is 16.4. The van der Waals surface area contributed by atoms with Crippen molar-refractivity contribution in [3.63, 3.8) is 0 Å². The van der Waals surface area contributed by atoms with Gasteiger partial charge in [-0.15, -0.1) is 0 Å². The number of carbonyl (C=O) groups excluding carboxylic acids is 2. The molecular weight excluding hydrogens is 435 g/mol. The maximum absolute atomic E-state index is 15.0. The lowest BCUT2D eigenvalue weighted by atomic mass is 9.94. The van der Waals surface area contributed by atoms with Crippen LogP contribution in [0.5, 0.6) is 5.75 Å². The number of aliphatic hydroxyl groups is 1. The van der Waals surface area contributed by atoms with Gasteiger partial charge in [0.1, 0.15) is 23.4 Å². The summed E-state index contributed by atoms with van der Waals surface area (Å²) in [5, 5.41) is 20.3. The number of carbonyl (C=O) groups is 2. The molecule has 0 bridgehead atoms. The lowest BCUT2D eigenvalue weighted by molar-refractivity contribution is -0.132. The number of amides is 1. The molecule has 34 heavy (non-hydrogen) atoms. The molecule has 0 spiro atoms. The predicted octanol–water partition coefficient (Wildman–Crippen LogP) is 4.65. The summed E-state index contributed by atoms with van der Waals surface area (Å²) in [6, 6.07) is 17.7. The third-order valence-electron chi connectivity index (χ3n) is 6.09. The largest absolute Gasteiger partial charge is 0.507 e. The van der Waals surface area contributed by atoms with Gasteiger partial charge in [0.25, 0.3) is 11.7 Å². The molecule has 2 unspecified atom stereocenters. The van der Waals surface area contributed by atoms with Gasteiger partial charge in [0.15, 0.2) is 0 Å². The molecule has 1 saturated heterocycles. The number of anilines is 1. The Morgan fingerprint density at radius 1 is 1.12 bits per heavy atom. The van der Waals surface area contributed by atoms with Crippen molar-refractivity contribution < 1.29 is 23.8 Å². The molecule has 6 nitrogen and oxygen atoms in total. The summed E-state index contributed by atoms with van der Waals surface area (Å²) in [6.07, 6.45) is 0.639. The van der Waals surface area contributed by atoms with Gasteiger partial charge in [-0.2, -0.15) is 5.26 Å². The molecule has 1 N–H and O–H groups in total. The monoisotopic (exact) mass is 454 g/mol. The summed E-state index contributed by atoms with van der Waals surface area (Å²) < 4.78 is 20.7. The summed E-state index contributed by atoms with van der Waals surface area (Å²) in [4.78, 5) is 27.5. The fourth-order valence-electron chi connectivity index (χ4n) is 4.51. The highest BCUT2D eigenvalue weighted by Crippen LogP contribution is 2.43. The van der Waals surface area contributed by atoms with E-state index in [1.54, 1.807) is 24.3 Å². The van der Waals surface area contributed by atoms with E-state index in [9.17, 15) is 19.1 Å². The van der Waals surface area contributed by atoms with Gasteiger partial charge < -0.3 is 9.84 Å². The topological polar surface area (TPSA) is 90.6 Å². The Kier molecular flexibility index (Phi) is 5.14. The fraction of sp³-hybridized carbons (Fsp3) is 0.148. The SMILES string of the molecule is CC1Cc2cc(/C(O)=C3\C(=O)C(=O)N(c4ccc(C#N)cc4)C3c3ccccc3F)ccc2O1. The summed E-state index contributed by atoms with van der Waals surface area (Å²) in [5.41, 5.74) is 1.77. The van der Waals surface area contributed by atoms with E-state index in [1.165, 1.54) is 42.5 Å². The van der Waals surface area contributed by atoms with E-state index in [2.05, 4.69) is 0 Å². The highest BCUT2D eigenvalue weighted by Gasteiger charge is 2.47. The van der Waals surface area contributed by atoms with Crippen LogP contribution in [0.3, 0.4) is 0 Å². The van der Waals surface area contributed by atoms with Crippen molar-refractivity contribution in [3.05, 3.63) is 100 Å². The molecule has 0 aliphatic carbocycles. The number of fused-ring (bicyclic) bond motifs is 1. The van der Waals surface area contributed by atoms with E-state index in [1.807, 2.05) is 13.0 Å². The maximum atomic E-state index is 15.0. The quantitative estimate of drug-likeness (QED) is 0.354. The molecule has 2 atom stereocenters. The zero-order valence-corrected chi connectivity index (χ0v) is 18.2. The van der Waals surface area contributed by atoms with Crippen molar-refractivity contribution in [1.29, 1.82) is 5.26 Å². The van der Waals surface area contributed by atoms with Crippen molar-refractivity contribution in [3.8, 4) is 11.8 Å². The molecule has 7 heteroatoms. The molecule has 0 radical (unpaired) electrons. The molecule has 1 amide bonds. The number of Topliss-reactive ketones (excluding diaryl/α,β-unsaturated/α-hetero) is 1. The van der Waals surface area contributed by atoms with Crippen LogP contribution in [0, 0.1) is 17.1 Å². The van der Waals surface area contributed by atoms with Crippen LogP contribution in [0.4, 0.5) is 10.1 Å². The van der Waals surface area contributed by atoms with Crippen LogP contribution in [0.2, 0.25) is 0 Å². The Hall–Kier alpha value is -4.44. The second-order valence-electron chi connectivity index (χ2n) is 8.30. The van der Waals surface area contributed by atoms with E-state index in [-0.39, 0.29) is 23.0 Å². The van der Waals surface area contributed by atoms with Crippen LogP contribution in [-0.2, 0) is 16.0 Å². The smallest absolute Gasteiger partial charge is 0.300 e. The molecule has 2 aliphatic heterocycles. The Labute approximate surface area is 195 Å². The molecule has 3 aromatic rings. The number of rotatable bonds is 3. The lowest BCUT2D eigenvalue weighted by Crippen LogP contribution is -2.29. The predicted molar refractivity (Wildman–Crippen MR) is 123 cm³/mol. The normalized spacial score (nSPS) is 20.7. The Balaban J connectivity index is 1.70. The molecular formula is C27H19FN2O4. The molecule has 0 aromatic heterocycles. The molecule has 0 saturated carbocycles. The fourth-order valence-corrected chi connectivity index (χ4v) is 4.51. The standard InChI is InChI=1S/C27H19FN2O4/c1-15-12-18-13-17(8-11-22(18)34-15)25(31)23-24(20-4-2-3-5-21(20)28)30(27(33)26(23)32)19-9-6-16(14-29)7-10-19/h2-11,13,15,24,31H,12H2,1H3/b25-23+. The van der Waals surface area contributed by atoms with Crippen molar-refractivity contribution >= 4 is 23.1 Å². The average Bonchev–Trinajstić information content (AvgIpc) is 3.34. The third-order valence-corrected chi connectivity index (χ3v) is 6.09. The van der Waals surface area contributed by atoms with Crippen LogP contribution < -0.4 is 9.64 Å². The molecule has 2 heterocycles. The number of ether oxygens (including phenoxy) is 1. The number of halogens is 1. The zero-order chi connectivity index (χ0) is 24.0. The van der Waals surface area contributed by atoms with E-state index >= 15 is 0 Å². The van der Waals surface area contributed by atoms with Crippen LogP contribution in [0.15, 0.2) is 72.3 Å². The van der Waals surface area contributed by atoms with E-state index in [0.717, 1.165) is 10.5 Å². The number of aliphatic hydroxyl groups excluding tert-OH is 1. The van der Waals surface area contributed by atoms with Gasteiger partial charge in [-0.1, -0.05) is 18.2 Å². The first-order valence-electron chi connectivity index (χ1n) is 10.7. The van der Waals surface area contributed by atoms with Crippen LogP contribution >= 0.6 is 0 Å². The Morgan fingerprint density at radius 3 is 2.56 bits per heavy atom. The van der Waals surface area contributed by atoms with E-state index < -0.39 is 23.5 Å². The van der Waals surface area contributed by atoms with Crippen molar-refractivity contribution in [2.45, 2.75) is 25.5 Å². The summed E-state index contributed by atoms with van der Waals surface area (Å²) >= 11 is 0. The van der Waals surface area contributed by atoms with Crippen LogP contribution in [0.1, 0.15) is 35.2 Å². The minimum Gasteiger partial charge on any atom is -0.507 e. The third kappa shape index (κ3) is 3.41. The van der Waals surface area contributed by atoms with Gasteiger partial charge >= 0.3 is 0 Å². The molecule has 1 fully saturated rings. The number of benzene rings is 3. The summed E-state index contributed by atoms with van der Waals surface area (Å²) in [7, 11) is 0. The number of nitrogens with zero attached hydrogens (tertiary/aromatic N) is 2. The highest BCUT2D eigenvalue weighted by atomic mass is 19.1. The second-order valence-corrected chi connectivity index (χ2v) is 8.30. The van der Waals surface area contributed by atoms with Gasteiger partial charge in [-0.25, -0.2) is 4.39 Å². The Bertz CT molecular complexity index is 1400. The average molecular weight is 454 g/mol. The van der Waals surface area contributed by atoms with Gasteiger partial charge in [-0.05, 0) is 61.0 Å². The van der Waals surface area contributed by atoms with Crippen molar-refractivity contribution in [2.75, 3.05) is 4.90 Å². The number of hydrogen-bond donors (Lipinski definition) is 1. The molecule has 2 aliphatic rings. The first kappa shape index (κ1) is 21.4. The second kappa shape index (κ2) is 8.16. The van der Waals surface area contributed by atoms with Gasteiger partial charge in [0.2, 0.25) is 0 Å². The minimum atomic E-state index is -1.18. The molecule has 3 aromatic carbocycles. The number of nitriles is 1. The maximum Gasteiger partial charge on any atom is 0.300 e. The number of hydrogen-bond acceptors (Lipinski definition) is 5. The van der Waals surface area contributed by atoms with E-state index in [4.69, 9.17) is 10.00 Å². The highest BCUT2D eigenvalue weighted by molar-refractivity contribution is 6.51. The van der Waals surface area contributed by atoms with Crippen molar-refractivity contribution in [2.24, 2.45) is 0 Å². The first-order valence-corrected chi connectivity index (χ1v) is 10.7. The van der Waals surface area contributed by atoms with Crippen molar-refractivity contribution in [1.82, 2.24) is 0 Å². The zero-order valence-electron chi connectivity index (χ0n) is 18.2. The van der Waals surface area contributed by atoms with Gasteiger partial charge in [0.05, 0.1) is 23.2 Å². The van der Waals surface area contributed by atoms with Crippen LogP contribution in [-0.4, -0.2) is 22.9 Å². The summed E-state index contributed by atoms with van der Waals surface area (Å²) in [6.45, 7) is 1.93. The lowest BCUT2D eigenvalue weighted by Gasteiger charge is -2.25. The van der Waals surface area contributed by atoms with Crippen LogP contribution in [0.25, 0.3) is 5.76 Å². The molecule has 5 rings (SSSR count). The Morgan fingerprint density at radius 2 is 1.85 bits per heavy atom. The van der Waals surface area contributed by atoms with Gasteiger partial charge in [-0.3, -0.25) is 14.5 Å². The van der Waals surface area contributed by atoms with Gasteiger partial charge in [0, 0.05) is 23.2 Å².